The third kappa shape index (κ3) is 18.0. The van der Waals surface area contributed by atoms with Crippen molar-refractivity contribution in [3.63, 3.8) is 0 Å². The summed E-state index contributed by atoms with van der Waals surface area (Å²) in [4.78, 5) is 17.2. The van der Waals surface area contributed by atoms with Crippen molar-refractivity contribution in [2.24, 2.45) is 92.7 Å². The first kappa shape index (κ1) is 98.5. The van der Waals surface area contributed by atoms with Crippen LogP contribution in [0.5, 0.6) is 0 Å². The number of aliphatic hydroxyl groups excluding tert-OH is 4. The maximum absolute atomic E-state index is 15.0. The van der Waals surface area contributed by atoms with E-state index in [1.807, 2.05) is 164 Å². The van der Waals surface area contributed by atoms with Crippen molar-refractivity contribution in [2.75, 3.05) is 0 Å². The van der Waals surface area contributed by atoms with E-state index in [4.69, 9.17) is 0 Å². The van der Waals surface area contributed by atoms with E-state index in [0.29, 0.717) is 71.6 Å². The van der Waals surface area contributed by atoms with Crippen molar-refractivity contribution in [3.8, 4) is 45.0 Å². The highest BCUT2D eigenvalue weighted by molar-refractivity contribution is 7.89. The van der Waals surface area contributed by atoms with Gasteiger partial charge in [-0.25, -0.2) is 90.1 Å². The van der Waals surface area contributed by atoms with E-state index in [2.05, 4.69) is 38.8 Å². The molecule has 0 radical (unpaired) electrons. The SMILES string of the molecule is O=S(=O)(Cc1ccccc1)NC1C2CC3CC1CC([C@@H](O)C[C@@H]1c4c(F)cccc4-c4cncn41)(C3)C2.O=S(=O)(Cc1ccccc1)NC1C2CC3CC1CC([C@@H](O)C[C@H]1c4c(F)cccc4-c4cncn41)(C3)C2.O=S(=O)(Cc1ccccc1)NC1C2CC3CC1CC([C@H](O)C[C@@H]1c4c(F)cccc4-c4cncn41)(C3)C2.O=S(=O)(Cc1ccccc1)NC1C2CC3CC1CC([C@H](O)C[C@H]1c4c(F)cccc4-c4cncn41)(C3)C2. The van der Waals surface area contributed by atoms with Crippen molar-refractivity contribution in [2.45, 2.75) is 250 Å². The molecular formula is C116H128F4N12O12S4. The highest BCUT2D eigenvalue weighted by Crippen LogP contribution is 2.68. The maximum atomic E-state index is 15.0. The van der Waals surface area contributed by atoms with Crippen LogP contribution in [-0.4, -0.2) is 141 Å². The third-order valence-corrected chi connectivity index (χ3v) is 44.0. The second kappa shape index (κ2) is 38.0. The number of hydrogen-bond donors (Lipinski definition) is 8. The van der Waals surface area contributed by atoms with Crippen molar-refractivity contribution >= 4 is 40.1 Å². The number of fused-ring (bicyclic) bond motifs is 12. The van der Waals surface area contributed by atoms with Gasteiger partial charge in [-0.15, -0.1) is 0 Å². The Morgan fingerprint density at radius 2 is 0.459 bits per heavy atom. The fourth-order valence-corrected chi connectivity index (χ4v) is 39.7. The molecule has 16 fully saturated rings. The fourth-order valence-electron chi connectivity index (χ4n) is 33.7. The van der Waals surface area contributed by atoms with E-state index >= 15 is 0 Å². The van der Waals surface area contributed by atoms with Gasteiger partial charge in [0, 0.05) is 68.7 Å². The molecule has 8 unspecified atom stereocenters. The molecule has 8 heterocycles. The highest BCUT2D eigenvalue weighted by Gasteiger charge is 2.64. The molecule has 16 bridgehead atoms. The van der Waals surface area contributed by atoms with Gasteiger partial charge in [-0.2, -0.15) is 0 Å². The largest absolute Gasteiger partial charge is 0.392 e. The number of nitrogens with zero attached hydrogens (tertiary/aromatic N) is 8. The van der Waals surface area contributed by atoms with E-state index in [1.54, 1.807) is 74.4 Å². The fraction of sp³-hybridized carbons (Fsp3) is 0.483. The summed E-state index contributed by atoms with van der Waals surface area (Å²) >= 11 is 0. The predicted molar refractivity (Wildman–Crippen MR) is 553 cm³/mol. The van der Waals surface area contributed by atoms with Gasteiger partial charge in [-0.05, 0) is 293 Å². The average molecular weight is 2090 g/mol. The monoisotopic (exact) mass is 2080 g/mol. The zero-order valence-electron chi connectivity index (χ0n) is 82.5. The lowest BCUT2D eigenvalue weighted by atomic mass is 9.46. The smallest absolute Gasteiger partial charge is 0.216 e. The molecule has 0 saturated heterocycles. The van der Waals surface area contributed by atoms with Gasteiger partial charge in [-0.3, -0.25) is 0 Å². The molecule has 8 N–H and O–H groups in total. The standard InChI is InChI=1S/4C29H32FN3O3S/c4*30-23-8-4-7-22-25-15-31-17-33(25)24(27(22)23)11-26(34)29-12-19-9-20(13-29)28(21(10-19)14-29)32-37(35,36)16-18-5-2-1-3-6-18/h4*1-8,15,17,19-21,24,26,28,32,34H,9-14,16H2/t2*19?,20?,21?,24-,26+,28?,29?;2*19?,20?,21?,24-,26-,28?,29?/m1010/s1. The number of aliphatic hydroxyl groups is 4. The van der Waals surface area contributed by atoms with Crippen molar-refractivity contribution in [3.05, 3.63) is 312 Å². The lowest BCUT2D eigenvalue weighted by Crippen LogP contribution is -2.61. The number of aromatic nitrogens is 8. The summed E-state index contributed by atoms with van der Waals surface area (Å²) in [6, 6.07) is 56.4. The summed E-state index contributed by atoms with van der Waals surface area (Å²) in [5.74, 6) is 2.84. The maximum Gasteiger partial charge on any atom is 0.216 e. The van der Waals surface area contributed by atoms with Gasteiger partial charge in [0.15, 0.2) is 0 Å². The van der Waals surface area contributed by atoms with Crippen LogP contribution < -0.4 is 18.9 Å². The van der Waals surface area contributed by atoms with Gasteiger partial charge in [0.05, 0.1) is 144 Å². The highest BCUT2D eigenvalue weighted by atomic mass is 32.2. The second-order valence-electron chi connectivity index (χ2n) is 47.5. The molecule has 24 nitrogen and oxygen atoms in total. The van der Waals surface area contributed by atoms with Crippen LogP contribution >= 0.6 is 0 Å². The van der Waals surface area contributed by atoms with Crippen molar-refractivity contribution in [1.82, 2.24) is 57.1 Å². The normalized spacial score (nSPS) is 32.3. The van der Waals surface area contributed by atoms with Crippen molar-refractivity contribution < 1.29 is 71.7 Å². The minimum absolute atomic E-state index is 0.0130. The Balaban J connectivity index is 0.000000103. The number of sulfonamides is 4. The van der Waals surface area contributed by atoms with E-state index in [0.717, 1.165) is 196 Å². The minimum Gasteiger partial charge on any atom is -0.392 e. The Morgan fingerprint density at radius 3 is 0.649 bits per heavy atom. The molecule has 4 aromatic heterocycles. The summed E-state index contributed by atoms with van der Waals surface area (Å²) in [7, 11) is -13.9. The van der Waals surface area contributed by atoms with E-state index in [-0.39, 0.29) is 164 Å². The topological polar surface area (TPSA) is 337 Å². The number of imidazole rings is 4. The summed E-state index contributed by atoms with van der Waals surface area (Å²) in [5, 5.41) is 47.1. The molecule has 8 aromatic carbocycles. The molecule has 16 aliphatic carbocycles. The van der Waals surface area contributed by atoms with Gasteiger partial charge in [0.2, 0.25) is 40.1 Å². The summed E-state index contributed by atoms with van der Waals surface area (Å²) in [5.41, 5.74) is 11.8. The van der Waals surface area contributed by atoms with Crippen LogP contribution in [0, 0.1) is 116 Å². The summed E-state index contributed by atoms with van der Waals surface area (Å²) in [6.07, 6.45) is 31.9. The molecule has 776 valence electrons. The Morgan fingerprint density at radius 1 is 0.270 bits per heavy atom. The molecular weight excluding hydrogens is 1960 g/mol. The van der Waals surface area contributed by atoms with Crippen LogP contribution in [0.4, 0.5) is 17.6 Å². The van der Waals surface area contributed by atoms with E-state index < -0.39 is 64.5 Å². The van der Waals surface area contributed by atoms with Crippen LogP contribution in [0.15, 0.2) is 244 Å². The first-order chi connectivity index (χ1) is 71.3. The summed E-state index contributed by atoms with van der Waals surface area (Å²) < 4.78 is 185. The lowest BCUT2D eigenvalue weighted by Gasteiger charge is -2.61. The first-order valence-electron chi connectivity index (χ1n) is 53.4. The Hall–Kier alpha value is -10.2. The van der Waals surface area contributed by atoms with Crippen LogP contribution in [-0.2, 0) is 63.1 Å². The molecule has 20 aliphatic rings. The Bertz CT molecular complexity index is 6570. The molecule has 16 atom stereocenters. The first-order valence-corrected chi connectivity index (χ1v) is 60.0. The third-order valence-electron chi connectivity index (χ3n) is 38.6. The Labute approximate surface area is 862 Å². The van der Waals surface area contributed by atoms with Crippen LogP contribution in [0.2, 0.25) is 0 Å². The zero-order chi connectivity index (χ0) is 101. The molecule has 12 aromatic rings. The molecule has 0 amide bonds. The van der Waals surface area contributed by atoms with E-state index in [1.165, 1.54) is 24.3 Å². The molecule has 0 spiro atoms. The molecule has 148 heavy (non-hydrogen) atoms. The second-order valence-corrected chi connectivity index (χ2v) is 54.5. The number of hydrogen-bond acceptors (Lipinski definition) is 16. The minimum atomic E-state index is -3.47. The number of benzene rings is 8. The molecule has 32 rings (SSSR count). The molecule has 16 saturated carbocycles. The lowest BCUT2D eigenvalue weighted by molar-refractivity contribution is -0.134. The molecule has 32 heteroatoms. The van der Waals surface area contributed by atoms with Gasteiger partial charge >= 0.3 is 0 Å². The van der Waals surface area contributed by atoms with Crippen LogP contribution in [0.3, 0.4) is 0 Å². The zero-order valence-corrected chi connectivity index (χ0v) is 85.8. The molecule has 4 aliphatic heterocycles. The number of nitrogens with one attached hydrogen (secondary N) is 4. The number of rotatable bonds is 28. The van der Waals surface area contributed by atoms with Gasteiger partial charge in [0.1, 0.15) is 23.3 Å². The number of halogens is 4. The van der Waals surface area contributed by atoms with Crippen LogP contribution in [0.1, 0.15) is 223 Å². The summed E-state index contributed by atoms with van der Waals surface area (Å²) in [6.45, 7) is 0. The van der Waals surface area contributed by atoms with Crippen LogP contribution in [0.25, 0.3) is 45.0 Å². The van der Waals surface area contributed by atoms with Gasteiger partial charge < -0.3 is 38.7 Å². The van der Waals surface area contributed by atoms with Crippen molar-refractivity contribution in [1.29, 1.82) is 0 Å². The Kier molecular flexibility index (Phi) is 25.3. The average Bonchev–Trinajstić information content (AvgIpc) is 1.67. The quantitative estimate of drug-likeness (QED) is 0.0211. The predicted octanol–water partition coefficient (Wildman–Crippen LogP) is 18.6. The van der Waals surface area contributed by atoms with Gasteiger partial charge in [-0.1, -0.05) is 170 Å². The van der Waals surface area contributed by atoms with Gasteiger partial charge in [0.25, 0.3) is 0 Å². The van der Waals surface area contributed by atoms with E-state index in [9.17, 15) is 71.7 Å².